The second kappa shape index (κ2) is 9.62. The third kappa shape index (κ3) is 5.23. The second-order valence-corrected chi connectivity index (χ2v) is 7.03. The standard InChI is InChI=1S/C19H30N4O.HI/c1-14-7-5-6-11-23(14)15(2)13-21-19(20)22-17-10-12-24-18-9-4-3-8-16(17)18;/h3-4,8-9,14-15,17H,5-7,10-13H2,1-2H3,(H3,20,21,22);1H. The van der Waals surface area contributed by atoms with Gasteiger partial charge in [-0.15, -0.1) is 24.0 Å². The number of ether oxygens (including phenoxy) is 1. The van der Waals surface area contributed by atoms with E-state index in [4.69, 9.17) is 10.5 Å². The van der Waals surface area contributed by atoms with Crippen LogP contribution in [0.25, 0.3) is 0 Å². The molecule has 0 amide bonds. The number of para-hydroxylation sites is 1. The topological polar surface area (TPSA) is 62.9 Å². The number of hydrogen-bond donors (Lipinski definition) is 2. The van der Waals surface area contributed by atoms with E-state index in [9.17, 15) is 0 Å². The molecule has 3 rings (SSSR count). The molecule has 5 nitrogen and oxygen atoms in total. The fourth-order valence-corrected chi connectivity index (χ4v) is 3.83. The minimum atomic E-state index is 0. The van der Waals surface area contributed by atoms with Gasteiger partial charge in [-0.05, 0) is 39.3 Å². The van der Waals surface area contributed by atoms with Gasteiger partial charge in [-0.1, -0.05) is 24.6 Å². The van der Waals surface area contributed by atoms with Crippen LogP contribution in [0, 0.1) is 0 Å². The van der Waals surface area contributed by atoms with Gasteiger partial charge < -0.3 is 15.8 Å². The average Bonchev–Trinajstić information content (AvgIpc) is 2.60. The van der Waals surface area contributed by atoms with Crippen LogP contribution in [0.5, 0.6) is 5.75 Å². The largest absolute Gasteiger partial charge is 0.493 e. The van der Waals surface area contributed by atoms with Crippen molar-refractivity contribution in [1.29, 1.82) is 0 Å². The molecule has 2 aliphatic rings. The van der Waals surface area contributed by atoms with Crippen molar-refractivity contribution in [2.75, 3.05) is 19.7 Å². The zero-order valence-corrected chi connectivity index (χ0v) is 17.6. The summed E-state index contributed by atoms with van der Waals surface area (Å²) in [7, 11) is 0. The molecule has 1 aromatic carbocycles. The molecular weight excluding hydrogens is 427 g/mol. The molecule has 140 valence electrons. The summed E-state index contributed by atoms with van der Waals surface area (Å²) in [6, 6.07) is 9.41. The fourth-order valence-electron chi connectivity index (χ4n) is 3.83. The number of aliphatic imine (C=N–C) groups is 1. The van der Waals surface area contributed by atoms with Crippen molar-refractivity contribution in [3.63, 3.8) is 0 Å². The summed E-state index contributed by atoms with van der Waals surface area (Å²) < 4.78 is 5.70. The molecule has 0 aliphatic carbocycles. The van der Waals surface area contributed by atoms with E-state index in [0.29, 0.717) is 24.7 Å². The average molecular weight is 458 g/mol. The Hall–Kier alpha value is -1.02. The Bertz CT molecular complexity index is 580. The monoisotopic (exact) mass is 458 g/mol. The van der Waals surface area contributed by atoms with Crippen LogP contribution in [0.1, 0.15) is 51.1 Å². The van der Waals surface area contributed by atoms with Crippen LogP contribution in [0.3, 0.4) is 0 Å². The molecule has 3 N–H and O–H groups in total. The Morgan fingerprint density at radius 1 is 1.36 bits per heavy atom. The Balaban J connectivity index is 0.00000225. The number of halogens is 1. The number of benzene rings is 1. The number of fused-ring (bicyclic) bond motifs is 1. The molecule has 0 saturated carbocycles. The lowest BCUT2D eigenvalue weighted by Crippen LogP contribution is -2.45. The van der Waals surface area contributed by atoms with Crippen molar-refractivity contribution >= 4 is 29.9 Å². The maximum absolute atomic E-state index is 6.15. The number of piperidine rings is 1. The minimum absolute atomic E-state index is 0. The second-order valence-electron chi connectivity index (χ2n) is 7.03. The lowest BCUT2D eigenvalue weighted by Gasteiger charge is -2.37. The van der Waals surface area contributed by atoms with E-state index in [1.165, 1.54) is 31.4 Å². The Labute approximate surface area is 168 Å². The van der Waals surface area contributed by atoms with Gasteiger partial charge in [-0.3, -0.25) is 9.89 Å². The maximum Gasteiger partial charge on any atom is 0.189 e. The van der Waals surface area contributed by atoms with E-state index in [0.717, 1.165) is 18.7 Å². The van der Waals surface area contributed by atoms with Crippen LogP contribution in [-0.2, 0) is 0 Å². The van der Waals surface area contributed by atoms with E-state index >= 15 is 0 Å². The molecule has 0 aromatic heterocycles. The summed E-state index contributed by atoms with van der Waals surface area (Å²) in [5.41, 5.74) is 7.32. The third-order valence-corrected chi connectivity index (χ3v) is 5.23. The van der Waals surface area contributed by atoms with Gasteiger partial charge in [-0.2, -0.15) is 0 Å². The first-order chi connectivity index (χ1) is 11.6. The molecule has 0 radical (unpaired) electrons. The first kappa shape index (κ1) is 20.3. The van der Waals surface area contributed by atoms with Crippen LogP contribution < -0.4 is 15.8 Å². The van der Waals surface area contributed by atoms with Crippen molar-refractivity contribution < 1.29 is 4.74 Å². The molecule has 3 unspecified atom stereocenters. The van der Waals surface area contributed by atoms with E-state index < -0.39 is 0 Å². The highest BCUT2D eigenvalue weighted by Crippen LogP contribution is 2.31. The predicted molar refractivity (Wildman–Crippen MR) is 114 cm³/mol. The summed E-state index contributed by atoms with van der Waals surface area (Å²) in [6.07, 6.45) is 4.85. The van der Waals surface area contributed by atoms with Crippen LogP contribution in [0.15, 0.2) is 29.3 Å². The Morgan fingerprint density at radius 3 is 2.96 bits per heavy atom. The maximum atomic E-state index is 6.15. The van der Waals surface area contributed by atoms with E-state index in [2.05, 4.69) is 35.1 Å². The van der Waals surface area contributed by atoms with E-state index in [-0.39, 0.29) is 30.0 Å². The summed E-state index contributed by atoms with van der Waals surface area (Å²) in [6.45, 7) is 7.21. The molecule has 2 aliphatic heterocycles. The van der Waals surface area contributed by atoms with Crippen LogP contribution in [0.4, 0.5) is 0 Å². The zero-order chi connectivity index (χ0) is 16.9. The first-order valence-electron chi connectivity index (χ1n) is 9.19. The SMILES string of the molecule is CC1CCCCN1C(C)CN=C(N)NC1CCOc2ccccc21.I. The number of guanidine groups is 1. The molecule has 1 saturated heterocycles. The number of nitrogens with zero attached hydrogens (tertiary/aromatic N) is 2. The van der Waals surface area contributed by atoms with Crippen molar-refractivity contribution in [2.45, 2.75) is 57.7 Å². The Kier molecular flexibility index (Phi) is 7.81. The van der Waals surface area contributed by atoms with Crippen molar-refractivity contribution in [2.24, 2.45) is 10.7 Å². The minimum Gasteiger partial charge on any atom is -0.493 e. The van der Waals surface area contributed by atoms with Crippen molar-refractivity contribution in [3.8, 4) is 5.75 Å². The normalized spacial score (nSPS) is 25.3. The molecule has 1 fully saturated rings. The molecule has 3 atom stereocenters. The van der Waals surface area contributed by atoms with Gasteiger partial charge in [0.15, 0.2) is 5.96 Å². The van der Waals surface area contributed by atoms with E-state index in [1.807, 2.05) is 18.2 Å². The molecule has 2 heterocycles. The lowest BCUT2D eigenvalue weighted by molar-refractivity contribution is 0.118. The van der Waals surface area contributed by atoms with Gasteiger partial charge >= 0.3 is 0 Å². The number of nitrogens with one attached hydrogen (secondary N) is 1. The van der Waals surface area contributed by atoms with Crippen LogP contribution >= 0.6 is 24.0 Å². The Morgan fingerprint density at radius 2 is 2.16 bits per heavy atom. The number of likely N-dealkylation sites (tertiary alicyclic amines) is 1. The van der Waals surface area contributed by atoms with Crippen molar-refractivity contribution in [3.05, 3.63) is 29.8 Å². The van der Waals surface area contributed by atoms with Gasteiger partial charge in [-0.25, -0.2) is 0 Å². The zero-order valence-electron chi connectivity index (χ0n) is 15.3. The first-order valence-corrected chi connectivity index (χ1v) is 9.19. The van der Waals surface area contributed by atoms with Crippen LogP contribution in [-0.4, -0.2) is 42.6 Å². The van der Waals surface area contributed by atoms with Gasteiger partial charge in [0.2, 0.25) is 0 Å². The number of nitrogens with two attached hydrogens (primary N) is 1. The van der Waals surface area contributed by atoms with Gasteiger partial charge in [0.05, 0.1) is 19.2 Å². The van der Waals surface area contributed by atoms with Crippen molar-refractivity contribution in [1.82, 2.24) is 10.2 Å². The highest BCUT2D eigenvalue weighted by atomic mass is 127. The van der Waals surface area contributed by atoms with Gasteiger partial charge in [0.1, 0.15) is 5.75 Å². The predicted octanol–water partition coefficient (Wildman–Crippen LogP) is 3.30. The molecular formula is C19H31IN4O. The number of hydrogen-bond acceptors (Lipinski definition) is 3. The lowest BCUT2D eigenvalue weighted by atomic mass is 10.0. The smallest absolute Gasteiger partial charge is 0.189 e. The fraction of sp³-hybridized carbons (Fsp3) is 0.632. The van der Waals surface area contributed by atoms with Gasteiger partial charge in [0.25, 0.3) is 0 Å². The highest BCUT2D eigenvalue weighted by molar-refractivity contribution is 14.0. The molecule has 0 bridgehead atoms. The third-order valence-electron chi connectivity index (χ3n) is 5.23. The summed E-state index contributed by atoms with van der Waals surface area (Å²) in [4.78, 5) is 7.16. The molecule has 25 heavy (non-hydrogen) atoms. The summed E-state index contributed by atoms with van der Waals surface area (Å²) in [5.74, 6) is 1.48. The summed E-state index contributed by atoms with van der Waals surface area (Å²) in [5, 5.41) is 3.37. The van der Waals surface area contributed by atoms with Gasteiger partial charge in [0, 0.05) is 24.1 Å². The molecule has 1 aromatic rings. The molecule has 6 heteroatoms. The quantitative estimate of drug-likeness (QED) is 0.413. The number of rotatable bonds is 4. The van der Waals surface area contributed by atoms with E-state index in [1.54, 1.807) is 0 Å². The summed E-state index contributed by atoms with van der Waals surface area (Å²) >= 11 is 0. The van der Waals surface area contributed by atoms with Crippen LogP contribution in [0.2, 0.25) is 0 Å². The molecule has 0 spiro atoms. The highest BCUT2D eigenvalue weighted by Gasteiger charge is 2.24.